The zero-order chi connectivity index (χ0) is 15.1. The van der Waals surface area contributed by atoms with Crippen LogP contribution in [0, 0.1) is 17.6 Å². The molecule has 1 fully saturated rings. The van der Waals surface area contributed by atoms with Crippen molar-refractivity contribution in [2.45, 2.75) is 51.4 Å². The van der Waals surface area contributed by atoms with E-state index in [1.165, 1.54) is 18.2 Å². The number of halogens is 2. The first-order valence-electron chi connectivity index (χ1n) is 6.99. The number of benzene rings is 1. The largest absolute Gasteiger partial charge is 0.369 e. The van der Waals surface area contributed by atoms with E-state index in [9.17, 15) is 8.78 Å². The Hall–Kier alpha value is -1.00. The first-order chi connectivity index (χ1) is 9.18. The lowest BCUT2D eigenvalue weighted by molar-refractivity contribution is -0.0778. The molecule has 2 nitrogen and oxygen atoms in total. The molecule has 2 atom stereocenters. The minimum atomic E-state index is -0.509. The molecule has 0 saturated carbocycles. The lowest BCUT2D eigenvalue weighted by Gasteiger charge is -2.33. The number of nitrogens with one attached hydrogen (secondary N) is 1. The third-order valence-electron chi connectivity index (χ3n) is 4.17. The fraction of sp³-hybridized carbons (Fsp3) is 0.625. The fourth-order valence-corrected chi connectivity index (χ4v) is 3.48. The summed E-state index contributed by atoms with van der Waals surface area (Å²) in [6, 6.07) is 3.59. The van der Waals surface area contributed by atoms with E-state index in [0.29, 0.717) is 0 Å². The summed E-state index contributed by atoms with van der Waals surface area (Å²) in [4.78, 5) is 0. The maximum absolute atomic E-state index is 14.1. The van der Waals surface area contributed by atoms with Gasteiger partial charge in [-0.2, -0.15) is 0 Å². The first-order valence-corrected chi connectivity index (χ1v) is 6.99. The second-order valence-corrected chi connectivity index (χ2v) is 6.68. The van der Waals surface area contributed by atoms with E-state index in [1.807, 2.05) is 27.7 Å². The molecule has 20 heavy (non-hydrogen) atoms. The lowest BCUT2D eigenvalue weighted by atomic mass is 9.78. The highest BCUT2D eigenvalue weighted by Crippen LogP contribution is 2.48. The third-order valence-corrected chi connectivity index (χ3v) is 4.17. The van der Waals surface area contributed by atoms with Crippen molar-refractivity contribution in [3.8, 4) is 0 Å². The van der Waals surface area contributed by atoms with Gasteiger partial charge in [0.25, 0.3) is 0 Å². The second-order valence-electron chi connectivity index (χ2n) is 6.68. The quantitative estimate of drug-likeness (QED) is 0.910. The van der Waals surface area contributed by atoms with Crippen molar-refractivity contribution in [3.05, 3.63) is 35.4 Å². The molecule has 0 aromatic heterocycles. The van der Waals surface area contributed by atoms with E-state index >= 15 is 0 Å². The summed E-state index contributed by atoms with van der Waals surface area (Å²) in [6.45, 7) is 7.99. The van der Waals surface area contributed by atoms with E-state index in [0.717, 1.165) is 6.42 Å². The van der Waals surface area contributed by atoms with Crippen molar-refractivity contribution in [2.24, 2.45) is 5.92 Å². The Balaban J connectivity index is 2.43. The van der Waals surface area contributed by atoms with Crippen LogP contribution in [0.2, 0.25) is 0 Å². The average molecular weight is 283 g/mol. The van der Waals surface area contributed by atoms with Gasteiger partial charge in [-0.05, 0) is 53.3 Å². The number of hydrogen-bond donors (Lipinski definition) is 1. The van der Waals surface area contributed by atoms with Crippen molar-refractivity contribution < 1.29 is 13.5 Å². The molecule has 2 unspecified atom stereocenters. The van der Waals surface area contributed by atoms with E-state index in [1.54, 1.807) is 7.05 Å². The molecule has 1 aliphatic rings. The standard InChI is InChI=1S/C16H23F2NO/c1-15(2)9-10(16(3,4)20-15)14(19-5)13-11(17)7-6-8-12(13)18/h6-8,10,14,19H,9H2,1-5H3. The van der Waals surface area contributed by atoms with Crippen molar-refractivity contribution in [3.63, 3.8) is 0 Å². The second kappa shape index (κ2) is 5.08. The Morgan fingerprint density at radius 1 is 1.20 bits per heavy atom. The Kier molecular flexibility index (Phi) is 3.91. The zero-order valence-corrected chi connectivity index (χ0v) is 12.8. The topological polar surface area (TPSA) is 21.3 Å². The molecule has 0 bridgehead atoms. The van der Waals surface area contributed by atoms with Gasteiger partial charge in [-0.3, -0.25) is 0 Å². The van der Waals surface area contributed by atoms with Gasteiger partial charge in [0.2, 0.25) is 0 Å². The molecule has 1 aromatic carbocycles. The number of hydrogen-bond acceptors (Lipinski definition) is 2. The van der Waals surface area contributed by atoms with Gasteiger partial charge in [0.15, 0.2) is 0 Å². The Morgan fingerprint density at radius 2 is 1.75 bits per heavy atom. The van der Waals surface area contributed by atoms with Gasteiger partial charge in [-0.25, -0.2) is 8.78 Å². The van der Waals surface area contributed by atoms with Crippen molar-refractivity contribution in [1.82, 2.24) is 5.32 Å². The molecule has 0 amide bonds. The summed E-state index contributed by atoms with van der Waals surface area (Å²) in [5.41, 5.74) is -0.619. The highest BCUT2D eigenvalue weighted by Gasteiger charge is 2.49. The maximum atomic E-state index is 14.1. The van der Waals surface area contributed by atoms with Crippen LogP contribution in [0.3, 0.4) is 0 Å². The van der Waals surface area contributed by atoms with Gasteiger partial charge in [-0.1, -0.05) is 6.07 Å². The minimum Gasteiger partial charge on any atom is -0.369 e. The Bertz CT molecular complexity index is 479. The summed E-state index contributed by atoms with van der Waals surface area (Å²) in [7, 11) is 1.73. The summed E-state index contributed by atoms with van der Waals surface area (Å²) in [6.07, 6.45) is 0.749. The molecule has 2 rings (SSSR count). The van der Waals surface area contributed by atoms with Crippen LogP contribution in [-0.4, -0.2) is 18.2 Å². The first kappa shape index (κ1) is 15.4. The zero-order valence-electron chi connectivity index (χ0n) is 12.8. The molecule has 0 radical (unpaired) electrons. The summed E-state index contributed by atoms with van der Waals surface area (Å²) in [5, 5.41) is 3.08. The summed E-state index contributed by atoms with van der Waals surface area (Å²) < 4.78 is 34.2. The molecule has 112 valence electrons. The molecule has 1 saturated heterocycles. The van der Waals surface area contributed by atoms with Crippen LogP contribution in [0.15, 0.2) is 18.2 Å². The summed E-state index contributed by atoms with van der Waals surface area (Å²) >= 11 is 0. The Morgan fingerprint density at radius 3 is 2.15 bits per heavy atom. The van der Waals surface area contributed by atoms with Crippen LogP contribution in [0.4, 0.5) is 8.78 Å². The predicted molar refractivity (Wildman–Crippen MR) is 75.5 cm³/mol. The number of ether oxygens (including phenoxy) is 1. The average Bonchev–Trinajstić information content (AvgIpc) is 2.52. The van der Waals surface area contributed by atoms with Crippen LogP contribution in [-0.2, 0) is 4.74 Å². The summed E-state index contributed by atoms with van der Waals surface area (Å²) in [5.74, 6) is -1.02. The molecule has 0 aliphatic carbocycles. The molecule has 1 N–H and O–H groups in total. The van der Waals surface area contributed by atoms with Crippen LogP contribution in [0.1, 0.15) is 45.7 Å². The smallest absolute Gasteiger partial charge is 0.130 e. The monoisotopic (exact) mass is 283 g/mol. The molecular formula is C16H23F2NO. The Labute approximate surface area is 119 Å². The highest BCUT2D eigenvalue weighted by molar-refractivity contribution is 5.25. The van der Waals surface area contributed by atoms with Crippen molar-refractivity contribution >= 4 is 0 Å². The van der Waals surface area contributed by atoms with Crippen LogP contribution >= 0.6 is 0 Å². The van der Waals surface area contributed by atoms with E-state index in [-0.39, 0.29) is 17.1 Å². The van der Waals surface area contributed by atoms with E-state index in [4.69, 9.17) is 4.74 Å². The fourth-order valence-electron chi connectivity index (χ4n) is 3.48. The maximum Gasteiger partial charge on any atom is 0.130 e. The van der Waals surface area contributed by atoms with Gasteiger partial charge in [0.1, 0.15) is 11.6 Å². The predicted octanol–water partition coefficient (Wildman–Crippen LogP) is 3.82. The van der Waals surface area contributed by atoms with Gasteiger partial charge < -0.3 is 10.1 Å². The van der Waals surface area contributed by atoms with Crippen LogP contribution in [0.25, 0.3) is 0 Å². The lowest BCUT2D eigenvalue weighted by Crippen LogP contribution is -2.38. The van der Waals surface area contributed by atoms with Gasteiger partial charge in [0.05, 0.1) is 11.2 Å². The van der Waals surface area contributed by atoms with Crippen molar-refractivity contribution in [1.29, 1.82) is 0 Å². The molecule has 1 aliphatic heterocycles. The normalized spacial score (nSPS) is 25.6. The van der Waals surface area contributed by atoms with Crippen LogP contribution in [0.5, 0.6) is 0 Å². The van der Waals surface area contributed by atoms with Crippen LogP contribution < -0.4 is 5.32 Å². The van der Waals surface area contributed by atoms with Gasteiger partial charge in [0, 0.05) is 17.5 Å². The molecular weight excluding hydrogens is 260 g/mol. The van der Waals surface area contributed by atoms with Gasteiger partial charge >= 0.3 is 0 Å². The molecule has 1 aromatic rings. The SMILES string of the molecule is CNC(c1c(F)cccc1F)C1CC(C)(C)OC1(C)C. The number of rotatable bonds is 3. The molecule has 4 heteroatoms. The minimum absolute atomic E-state index is 0.00565. The van der Waals surface area contributed by atoms with Crippen molar-refractivity contribution in [2.75, 3.05) is 7.05 Å². The molecule has 0 spiro atoms. The van der Waals surface area contributed by atoms with Gasteiger partial charge in [-0.15, -0.1) is 0 Å². The van der Waals surface area contributed by atoms with E-state index in [2.05, 4.69) is 5.32 Å². The van der Waals surface area contributed by atoms with E-state index < -0.39 is 23.3 Å². The molecule has 1 heterocycles. The third kappa shape index (κ3) is 2.72. The highest BCUT2D eigenvalue weighted by atomic mass is 19.1.